The molecule has 0 aliphatic carbocycles. The lowest BCUT2D eigenvalue weighted by Gasteiger charge is -2.25. The zero-order chi connectivity index (χ0) is 10.7. The number of amides is 1. The number of ether oxygens (including phenoxy) is 1. The molecule has 3 heteroatoms. The van der Waals surface area contributed by atoms with Gasteiger partial charge in [-0.05, 0) is 17.2 Å². The molecule has 0 aromatic heterocycles. The van der Waals surface area contributed by atoms with Gasteiger partial charge in [0.15, 0.2) is 0 Å². The summed E-state index contributed by atoms with van der Waals surface area (Å²) in [7, 11) is 0. The van der Waals surface area contributed by atoms with E-state index >= 15 is 0 Å². The van der Waals surface area contributed by atoms with Gasteiger partial charge < -0.3 is 10.1 Å². The van der Waals surface area contributed by atoms with Gasteiger partial charge in [0.2, 0.25) is 5.91 Å². The summed E-state index contributed by atoms with van der Waals surface area (Å²) < 4.78 is 5.40. The molecule has 1 N–H and O–H groups in total. The second-order valence-electron chi connectivity index (χ2n) is 3.48. The Kier molecular flexibility index (Phi) is 2.83. The number of carbonyl (C=O) groups excluding carboxylic acids is 1. The van der Waals surface area contributed by atoms with Gasteiger partial charge >= 0.3 is 0 Å². The van der Waals surface area contributed by atoms with Crippen molar-refractivity contribution in [3.05, 3.63) is 48.0 Å². The maximum atomic E-state index is 11.2. The third-order valence-corrected chi connectivity index (χ3v) is 2.47. The Morgan fingerprint density at radius 1 is 1.53 bits per heavy atom. The molecule has 1 aromatic rings. The molecule has 3 nitrogen and oxygen atoms in total. The van der Waals surface area contributed by atoms with E-state index in [2.05, 4.69) is 11.9 Å². The lowest BCUT2D eigenvalue weighted by molar-refractivity contribution is -0.117. The van der Waals surface area contributed by atoms with E-state index in [0.29, 0.717) is 13.2 Å². The average molecular weight is 203 g/mol. The van der Waals surface area contributed by atoms with Gasteiger partial charge in [-0.15, -0.1) is 0 Å². The van der Waals surface area contributed by atoms with E-state index in [1.807, 2.05) is 24.3 Å². The Balaban J connectivity index is 2.22. The van der Waals surface area contributed by atoms with Crippen LogP contribution in [0.25, 0.3) is 0 Å². The molecule has 1 heterocycles. The van der Waals surface area contributed by atoms with Crippen LogP contribution in [-0.2, 0) is 16.1 Å². The summed E-state index contributed by atoms with van der Waals surface area (Å²) in [6.07, 6.45) is 1.28. The van der Waals surface area contributed by atoms with Crippen molar-refractivity contribution in [1.82, 2.24) is 5.32 Å². The fraction of sp³-hybridized carbons (Fsp3) is 0.250. The quantitative estimate of drug-likeness (QED) is 0.741. The molecular weight excluding hydrogens is 190 g/mol. The first-order valence-corrected chi connectivity index (χ1v) is 4.89. The van der Waals surface area contributed by atoms with Crippen LogP contribution >= 0.6 is 0 Å². The number of benzene rings is 1. The van der Waals surface area contributed by atoms with Crippen molar-refractivity contribution in [2.75, 3.05) is 6.61 Å². The van der Waals surface area contributed by atoms with E-state index in [4.69, 9.17) is 4.74 Å². The summed E-state index contributed by atoms with van der Waals surface area (Å²) in [5.41, 5.74) is 2.28. The third kappa shape index (κ3) is 2.07. The molecule has 1 atom stereocenters. The molecule has 0 bridgehead atoms. The van der Waals surface area contributed by atoms with Crippen molar-refractivity contribution >= 4 is 5.91 Å². The normalized spacial score (nSPS) is 19.1. The SMILES string of the molecule is C=CC(=O)NC1COCc2ccccc21. The highest BCUT2D eigenvalue weighted by molar-refractivity contribution is 5.87. The molecule has 2 rings (SSSR count). The summed E-state index contributed by atoms with van der Waals surface area (Å²) in [5, 5.41) is 2.84. The molecule has 0 saturated heterocycles. The first kappa shape index (κ1) is 9.93. The minimum atomic E-state index is -0.166. The molecule has 0 saturated carbocycles. The van der Waals surface area contributed by atoms with Crippen LogP contribution in [0.2, 0.25) is 0 Å². The fourth-order valence-corrected chi connectivity index (χ4v) is 1.73. The fourth-order valence-electron chi connectivity index (χ4n) is 1.73. The smallest absolute Gasteiger partial charge is 0.243 e. The van der Waals surface area contributed by atoms with E-state index in [1.165, 1.54) is 6.08 Å². The van der Waals surface area contributed by atoms with Gasteiger partial charge in [-0.3, -0.25) is 4.79 Å². The third-order valence-electron chi connectivity index (χ3n) is 2.47. The van der Waals surface area contributed by atoms with Crippen LogP contribution in [0, 0.1) is 0 Å². The topological polar surface area (TPSA) is 38.3 Å². The molecule has 1 aromatic carbocycles. The predicted molar refractivity (Wildman–Crippen MR) is 57.2 cm³/mol. The van der Waals surface area contributed by atoms with E-state index in [-0.39, 0.29) is 11.9 Å². The van der Waals surface area contributed by atoms with E-state index < -0.39 is 0 Å². The summed E-state index contributed by atoms with van der Waals surface area (Å²) in [4.78, 5) is 11.2. The van der Waals surface area contributed by atoms with Crippen molar-refractivity contribution in [2.24, 2.45) is 0 Å². The summed E-state index contributed by atoms with van der Waals surface area (Å²) >= 11 is 0. The number of rotatable bonds is 2. The van der Waals surface area contributed by atoms with Crippen LogP contribution < -0.4 is 5.32 Å². The minimum absolute atomic E-state index is 0.0551. The molecule has 78 valence electrons. The standard InChI is InChI=1S/C12H13NO2/c1-2-12(14)13-11-8-15-7-9-5-3-4-6-10(9)11/h2-6,11H,1,7-8H2,(H,13,14). The highest BCUT2D eigenvalue weighted by atomic mass is 16.5. The van der Waals surface area contributed by atoms with E-state index in [9.17, 15) is 4.79 Å². The monoisotopic (exact) mass is 203 g/mol. The molecule has 0 radical (unpaired) electrons. The van der Waals surface area contributed by atoms with Crippen molar-refractivity contribution in [3.63, 3.8) is 0 Å². The van der Waals surface area contributed by atoms with Gasteiger partial charge in [0, 0.05) is 0 Å². The maximum Gasteiger partial charge on any atom is 0.243 e. The Labute approximate surface area is 88.8 Å². The summed E-state index contributed by atoms with van der Waals surface area (Å²) in [5.74, 6) is -0.166. The first-order valence-electron chi connectivity index (χ1n) is 4.89. The van der Waals surface area contributed by atoms with Gasteiger partial charge in [0.25, 0.3) is 0 Å². The zero-order valence-electron chi connectivity index (χ0n) is 8.40. The summed E-state index contributed by atoms with van der Waals surface area (Å²) in [6, 6.07) is 7.92. The lowest BCUT2D eigenvalue weighted by atomic mass is 9.99. The highest BCUT2D eigenvalue weighted by Gasteiger charge is 2.20. The Hall–Kier alpha value is -1.61. The zero-order valence-corrected chi connectivity index (χ0v) is 8.40. The number of carbonyl (C=O) groups is 1. The van der Waals surface area contributed by atoms with Crippen molar-refractivity contribution in [1.29, 1.82) is 0 Å². The first-order chi connectivity index (χ1) is 7.31. The number of hydrogen-bond donors (Lipinski definition) is 1. The number of hydrogen-bond acceptors (Lipinski definition) is 2. The predicted octanol–water partition coefficient (Wildman–Crippen LogP) is 1.56. The van der Waals surface area contributed by atoms with Crippen LogP contribution in [0.15, 0.2) is 36.9 Å². The highest BCUT2D eigenvalue weighted by Crippen LogP contribution is 2.24. The van der Waals surface area contributed by atoms with Gasteiger partial charge in [0.05, 0.1) is 19.3 Å². The van der Waals surface area contributed by atoms with Crippen molar-refractivity contribution in [2.45, 2.75) is 12.6 Å². The Bertz CT molecular complexity index is 387. The van der Waals surface area contributed by atoms with Crippen molar-refractivity contribution < 1.29 is 9.53 Å². The molecule has 1 aliphatic heterocycles. The van der Waals surface area contributed by atoms with E-state index in [1.54, 1.807) is 0 Å². The van der Waals surface area contributed by atoms with Gasteiger partial charge in [-0.1, -0.05) is 30.8 Å². The van der Waals surface area contributed by atoms with Crippen molar-refractivity contribution in [3.8, 4) is 0 Å². The lowest BCUT2D eigenvalue weighted by Crippen LogP contribution is -2.33. The molecule has 15 heavy (non-hydrogen) atoms. The number of nitrogens with one attached hydrogen (secondary N) is 1. The molecule has 1 aliphatic rings. The van der Waals surface area contributed by atoms with Gasteiger partial charge in [0.1, 0.15) is 0 Å². The van der Waals surface area contributed by atoms with E-state index in [0.717, 1.165) is 11.1 Å². The average Bonchev–Trinajstić information content (AvgIpc) is 2.29. The van der Waals surface area contributed by atoms with Crippen LogP contribution in [0.3, 0.4) is 0 Å². The molecule has 0 fully saturated rings. The maximum absolute atomic E-state index is 11.2. The Morgan fingerprint density at radius 3 is 3.13 bits per heavy atom. The molecular formula is C12H13NO2. The minimum Gasteiger partial charge on any atom is -0.374 e. The van der Waals surface area contributed by atoms with Gasteiger partial charge in [-0.2, -0.15) is 0 Å². The Morgan fingerprint density at radius 2 is 2.33 bits per heavy atom. The molecule has 0 spiro atoms. The van der Waals surface area contributed by atoms with Crippen LogP contribution in [0.4, 0.5) is 0 Å². The van der Waals surface area contributed by atoms with Gasteiger partial charge in [-0.25, -0.2) is 0 Å². The second kappa shape index (κ2) is 4.28. The van der Waals surface area contributed by atoms with Crippen LogP contribution in [0.5, 0.6) is 0 Å². The summed E-state index contributed by atoms with van der Waals surface area (Å²) in [6.45, 7) is 4.58. The molecule has 1 unspecified atom stereocenters. The van der Waals surface area contributed by atoms with Crippen LogP contribution in [-0.4, -0.2) is 12.5 Å². The molecule has 1 amide bonds. The number of fused-ring (bicyclic) bond motifs is 1. The second-order valence-corrected chi connectivity index (χ2v) is 3.48. The van der Waals surface area contributed by atoms with Crippen LogP contribution in [0.1, 0.15) is 17.2 Å². The largest absolute Gasteiger partial charge is 0.374 e.